The summed E-state index contributed by atoms with van der Waals surface area (Å²) in [5, 5.41) is 8.08. The van der Waals surface area contributed by atoms with Gasteiger partial charge in [-0.25, -0.2) is 0 Å². The Hall–Kier alpha value is -2.73. The van der Waals surface area contributed by atoms with Gasteiger partial charge >= 0.3 is 0 Å². The highest BCUT2D eigenvalue weighted by Crippen LogP contribution is 2.21. The summed E-state index contributed by atoms with van der Waals surface area (Å²) in [6.45, 7) is 4.93. The van der Waals surface area contributed by atoms with Gasteiger partial charge in [0.1, 0.15) is 5.76 Å². The summed E-state index contributed by atoms with van der Waals surface area (Å²) in [5.41, 5.74) is 3.77. The highest BCUT2D eigenvalue weighted by molar-refractivity contribution is 5.84. The zero-order valence-corrected chi connectivity index (χ0v) is 16.0. The molecule has 6 heteroatoms. The number of H-pyrrole nitrogens is 1. The smallest absolute Gasteiger partial charge is 0.191 e. The Bertz CT molecular complexity index is 852. The number of furan rings is 1. The molecule has 3 rings (SSSR count). The van der Waals surface area contributed by atoms with Gasteiger partial charge in [-0.15, -0.1) is 0 Å². The number of nitrogens with zero attached hydrogens (tertiary/aromatic N) is 1. The van der Waals surface area contributed by atoms with Crippen LogP contribution in [0.3, 0.4) is 0 Å². The molecule has 0 amide bonds. The van der Waals surface area contributed by atoms with Crippen molar-refractivity contribution in [3.05, 3.63) is 59.7 Å². The molecule has 0 atom stereocenters. The fraction of sp³-hybridized carbons (Fsp3) is 0.381. The van der Waals surface area contributed by atoms with Crippen LogP contribution >= 0.6 is 0 Å². The van der Waals surface area contributed by atoms with E-state index in [4.69, 9.17) is 9.15 Å². The lowest BCUT2D eigenvalue weighted by molar-refractivity contribution is 0.208. The fourth-order valence-electron chi connectivity index (χ4n) is 3.14. The lowest BCUT2D eigenvalue weighted by Crippen LogP contribution is -2.39. The van der Waals surface area contributed by atoms with Crippen LogP contribution in [-0.2, 0) is 17.6 Å². The Kier molecular flexibility index (Phi) is 6.93. The third-order valence-corrected chi connectivity index (χ3v) is 4.50. The van der Waals surface area contributed by atoms with Gasteiger partial charge in [0.05, 0.1) is 19.4 Å². The van der Waals surface area contributed by atoms with Crippen molar-refractivity contribution in [2.75, 3.05) is 33.4 Å². The molecule has 0 spiro atoms. The molecular weight excluding hydrogens is 340 g/mol. The average Bonchev–Trinajstić information content (AvgIpc) is 3.29. The summed E-state index contributed by atoms with van der Waals surface area (Å²) < 4.78 is 10.5. The number of hydrogen-bond acceptors (Lipinski definition) is 3. The average molecular weight is 368 g/mol. The molecule has 2 aromatic heterocycles. The highest BCUT2D eigenvalue weighted by Gasteiger charge is 2.08. The molecule has 0 aliphatic rings. The fourth-order valence-corrected chi connectivity index (χ4v) is 3.14. The van der Waals surface area contributed by atoms with Crippen molar-refractivity contribution >= 4 is 16.9 Å². The number of aliphatic imine (C=N–C) groups is 1. The van der Waals surface area contributed by atoms with E-state index in [-0.39, 0.29) is 0 Å². The van der Waals surface area contributed by atoms with Crippen molar-refractivity contribution < 1.29 is 9.15 Å². The van der Waals surface area contributed by atoms with E-state index < -0.39 is 0 Å². The monoisotopic (exact) mass is 368 g/mol. The van der Waals surface area contributed by atoms with Crippen molar-refractivity contribution in [3.8, 4) is 0 Å². The maximum absolute atomic E-state index is 5.37. The maximum Gasteiger partial charge on any atom is 0.191 e. The predicted octanol–water partition coefficient (Wildman–Crippen LogP) is 3.04. The number of aromatic nitrogens is 1. The number of aryl methyl sites for hydroxylation is 1. The molecule has 27 heavy (non-hydrogen) atoms. The number of guanidine groups is 1. The normalized spacial score (nSPS) is 11.9. The second-order valence-corrected chi connectivity index (χ2v) is 6.43. The molecule has 6 nitrogen and oxygen atoms in total. The molecule has 0 aliphatic carbocycles. The Morgan fingerprint density at radius 1 is 1.11 bits per heavy atom. The lowest BCUT2D eigenvalue weighted by Gasteiger charge is -2.12. The standard InChI is InChI=1S/C21H28N4O2/c1-16-18(19-7-3-4-8-20(19)25-16)10-12-23-21(24-13-15-26-2)22-11-9-17-6-5-14-27-17/h3-8,14,25H,9-13,15H2,1-2H3,(H2,22,23,24). The second-order valence-electron chi connectivity index (χ2n) is 6.43. The van der Waals surface area contributed by atoms with E-state index in [0.717, 1.165) is 37.7 Å². The van der Waals surface area contributed by atoms with E-state index in [0.29, 0.717) is 13.2 Å². The summed E-state index contributed by atoms with van der Waals surface area (Å²) in [6.07, 6.45) is 3.45. The molecule has 3 N–H and O–H groups in total. The number of fused-ring (bicyclic) bond motifs is 1. The molecule has 0 fully saturated rings. The van der Waals surface area contributed by atoms with Gasteiger partial charge in [-0.1, -0.05) is 18.2 Å². The zero-order valence-electron chi connectivity index (χ0n) is 16.0. The Morgan fingerprint density at radius 2 is 1.93 bits per heavy atom. The van der Waals surface area contributed by atoms with Crippen molar-refractivity contribution in [2.45, 2.75) is 19.8 Å². The number of rotatable bonds is 9. The van der Waals surface area contributed by atoms with Gasteiger partial charge in [0, 0.05) is 43.2 Å². The Morgan fingerprint density at radius 3 is 2.70 bits per heavy atom. The predicted molar refractivity (Wildman–Crippen MR) is 109 cm³/mol. The maximum atomic E-state index is 5.37. The van der Waals surface area contributed by atoms with Gasteiger partial charge < -0.3 is 24.8 Å². The third-order valence-electron chi connectivity index (χ3n) is 4.50. The van der Waals surface area contributed by atoms with Crippen molar-refractivity contribution in [2.24, 2.45) is 4.99 Å². The lowest BCUT2D eigenvalue weighted by atomic mass is 10.1. The van der Waals surface area contributed by atoms with Gasteiger partial charge in [-0.05, 0) is 37.1 Å². The zero-order chi connectivity index (χ0) is 18.9. The van der Waals surface area contributed by atoms with Gasteiger partial charge in [-0.2, -0.15) is 0 Å². The van der Waals surface area contributed by atoms with Crippen molar-refractivity contribution in [1.29, 1.82) is 0 Å². The van der Waals surface area contributed by atoms with Crippen LogP contribution in [0, 0.1) is 6.92 Å². The quantitative estimate of drug-likeness (QED) is 0.308. The molecular formula is C21H28N4O2. The Labute approximate surface area is 160 Å². The molecule has 0 radical (unpaired) electrons. The van der Waals surface area contributed by atoms with E-state index >= 15 is 0 Å². The molecule has 1 aromatic carbocycles. The number of methoxy groups -OCH3 is 1. The topological polar surface area (TPSA) is 74.6 Å². The number of para-hydroxylation sites is 1. The number of benzene rings is 1. The summed E-state index contributed by atoms with van der Waals surface area (Å²) >= 11 is 0. The first-order valence-electron chi connectivity index (χ1n) is 9.37. The summed E-state index contributed by atoms with van der Waals surface area (Å²) in [4.78, 5) is 8.02. The summed E-state index contributed by atoms with van der Waals surface area (Å²) in [6, 6.07) is 12.3. The van der Waals surface area contributed by atoms with Crippen LogP contribution in [0.15, 0.2) is 52.1 Å². The Balaban J connectivity index is 1.54. The van der Waals surface area contributed by atoms with Crippen LogP contribution in [0.25, 0.3) is 10.9 Å². The van der Waals surface area contributed by atoms with Crippen molar-refractivity contribution in [3.63, 3.8) is 0 Å². The minimum absolute atomic E-state index is 0.604. The minimum Gasteiger partial charge on any atom is -0.469 e. The van der Waals surface area contributed by atoms with E-state index in [9.17, 15) is 0 Å². The van der Waals surface area contributed by atoms with E-state index in [2.05, 4.69) is 51.8 Å². The van der Waals surface area contributed by atoms with Crippen LogP contribution in [0.1, 0.15) is 17.0 Å². The molecule has 0 bridgehead atoms. The summed E-state index contributed by atoms with van der Waals surface area (Å²) in [7, 11) is 1.69. The molecule has 144 valence electrons. The first kappa shape index (κ1) is 19.0. The number of hydrogen-bond donors (Lipinski definition) is 3. The van der Waals surface area contributed by atoms with Gasteiger partial charge in [0.25, 0.3) is 0 Å². The van der Waals surface area contributed by atoms with Crippen molar-refractivity contribution in [1.82, 2.24) is 15.6 Å². The molecule has 0 unspecified atom stereocenters. The van der Waals surface area contributed by atoms with Gasteiger partial charge in [0.15, 0.2) is 5.96 Å². The number of ether oxygens (including phenoxy) is 1. The first-order chi connectivity index (χ1) is 13.3. The number of aromatic amines is 1. The van der Waals surface area contributed by atoms with E-state index in [1.165, 1.54) is 22.2 Å². The molecule has 0 saturated heterocycles. The number of nitrogens with one attached hydrogen (secondary N) is 3. The molecule has 0 aliphatic heterocycles. The van der Waals surface area contributed by atoms with Crippen LogP contribution < -0.4 is 10.6 Å². The largest absolute Gasteiger partial charge is 0.469 e. The summed E-state index contributed by atoms with van der Waals surface area (Å²) in [5.74, 6) is 1.77. The molecule has 3 aromatic rings. The van der Waals surface area contributed by atoms with Crippen LogP contribution in [0.4, 0.5) is 0 Å². The molecule has 2 heterocycles. The van der Waals surface area contributed by atoms with Crippen LogP contribution in [-0.4, -0.2) is 44.3 Å². The minimum atomic E-state index is 0.604. The van der Waals surface area contributed by atoms with Gasteiger partial charge in [-0.3, -0.25) is 4.99 Å². The van der Waals surface area contributed by atoms with E-state index in [1.807, 2.05) is 12.1 Å². The SMILES string of the molecule is COCCN=C(NCCc1ccco1)NCCc1c(C)[nH]c2ccccc12. The van der Waals surface area contributed by atoms with Crippen LogP contribution in [0.5, 0.6) is 0 Å². The molecule has 0 saturated carbocycles. The highest BCUT2D eigenvalue weighted by atomic mass is 16.5. The van der Waals surface area contributed by atoms with E-state index in [1.54, 1.807) is 13.4 Å². The third kappa shape index (κ3) is 5.37. The van der Waals surface area contributed by atoms with Gasteiger partial charge in [0.2, 0.25) is 0 Å². The first-order valence-corrected chi connectivity index (χ1v) is 9.37. The second kappa shape index (κ2) is 9.83. The van der Waals surface area contributed by atoms with Crippen LogP contribution in [0.2, 0.25) is 0 Å².